The Bertz CT molecular complexity index is 834. The van der Waals surface area contributed by atoms with Crippen molar-refractivity contribution in [3.05, 3.63) is 34.7 Å². The van der Waals surface area contributed by atoms with Crippen molar-refractivity contribution in [3.63, 3.8) is 0 Å². The number of nitrogens with zero attached hydrogens (tertiary/aromatic N) is 5. The van der Waals surface area contributed by atoms with E-state index in [9.17, 15) is 0 Å². The van der Waals surface area contributed by atoms with Crippen LogP contribution in [0.15, 0.2) is 17.8 Å². The highest BCUT2D eigenvalue weighted by atomic mass is 32.1. The van der Waals surface area contributed by atoms with Gasteiger partial charge in [-0.05, 0) is 38.1 Å². The molecule has 3 aromatic rings. The predicted octanol–water partition coefficient (Wildman–Crippen LogP) is 3.38. The molecule has 1 saturated heterocycles. The zero-order valence-electron chi connectivity index (χ0n) is 13.1. The maximum absolute atomic E-state index is 4.60. The normalized spacial score (nSPS) is 18.5. The third-order valence-electron chi connectivity index (χ3n) is 4.66. The molecule has 0 unspecified atom stereocenters. The minimum atomic E-state index is 0.367. The highest BCUT2D eigenvalue weighted by molar-refractivity contribution is 7.16. The van der Waals surface area contributed by atoms with Crippen LogP contribution in [0.25, 0.3) is 10.2 Å². The number of aromatic nitrogens is 4. The molecule has 1 atom stereocenters. The van der Waals surface area contributed by atoms with Crippen LogP contribution in [0.2, 0.25) is 0 Å². The Morgan fingerprint density at radius 1 is 1.27 bits per heavy atom. The van der Waals surface area contributed by atoms with Gasteiger partial charge >= 0.3 is 0 Å². The molecule has 1 fully saturated rings. The van der Waals surface area contributed by atoms with Crippen molar-refractivity contribution >= 4 is 27.4 Å². The molecule has 5 nitrogen and oxygen atoms in total. The SMILES string of the molecule is Cc1nn(C)c(C)c1[C@@H]1CCCN1c1ncnc2sccc12. The highest BCUT2D eigenvalue weighted by Crippen LogP contribution is 2.40. The molecule has 114 valence electrons. The van der Waals surface area contributed by atoms with Gasteiger partial charge in [0.1, 0.15) is 17.0 Å². The molecule has 0 spiro atoms. The Morgan fingerprint density at radius 2 is 2.14 bits per heavy atom. The number of rotatable bonds is 2. The van der Waals surface area contributed by atoms with Crippen molar-refractivity contribution < 1.29 is 0 Å². The molecule has 0 N–H and O–H groups in total. The number of fused-ring (bicyclic) bond motifs is 1. The average molecular weight is 313 g/mol. The number of aryl methyl sites for hydroxylation is 2. The van der Waals surface area contributed by atoms with Crippen molar-refractivity contribution in [3.8, 4) is 0 Å². The largest absolute Gasteiger partial charge is 0.349 e. The quantitative estimate of drug-likeness (QED) is 0.727. The molecule has 3 aromatic heterocycles. The second kappa shape index (κ2) is 5.05. The van der Waals surface area contributed by atoms with E-state index in [2.05, 4.69) is 45.3 Å². The summed E-state index contributed by atoms with van der Waals surface area (Å²) in [5, 5.41) is 7.85. The molecule has 6 heteroatoms. The topological polar surface area (TPSA) is 46.8 Å². The maximum Gasteiger partial charge on any atom is 0.141 e. The summed E-state index contributed by atoms with van der Waals surface area (Å²) in [5.41, 5.74) is 3.75. The first kappa shape index (κ1) is 13.7. The lowest BCUT2D eigenvalue weighted by Crippen LogP contribution is -2.24. The monoisotopic (exact) mass is 313 g/mol. The molecule has 1 aliphatic rings. The number of hydrogen-bond donors (Lipinski definition) is 0. The van der Waals surface area contributed by atoms with Crippen LogP contribution in [-0.4, -0.2) is 26.3 Å². The Kier molecular flexibility index (Phi) is 3.14. The van der Waals surface area contributed by atoms with E-state index in [4.69, 9.17) is 0 Å². The van der Waals surface area contributed by atoms with E-state index in [1.54, 1.807) is 17.7 Å². The van der Waals surface area contributed by atoms with Crippen LogP contribution in [0.5, 0.6) is 0 Å². The molecule has 0 amide bonds. The van der Waals surface area contributed by atoms with Crippen molar-refractivity contribution in [2.45, 2.75) is 32.7 Å². The lowest BCUT2D eigenvalue weighted by atomic mass is 10.0. The van der Waals surface area contributed by atoms with E-state index < -0.39 is 0 Å². The van der Waals surface area contributed by atoms with Gasteiger partial charge in [0.25, 0.3) is 0 Å². The fourth-order valence-corrected chi connectivity index (χ4v) is 4.33. The van der Waals surface area contributed by atoms with Crippen LogP contribution >= 0.6 is 11.3 Å². The fourth-order valence-electron chi connectivity index (χ4n) is 3.60. The third-order valence-corrected chi connectivity index (χ3v) is 5.48. The molecule has 4 rings (SSSR count). The minimum Gasteiger partial charge on any atom is -0.349 e. The second-order valence-electron chi connectivity index (χ2n) is 5.90. The summed E-state index contributed by atoms with van der Waals surface area (Å²) in [6, 6.07) is 2.50. The van der Waals surface area contributed by atoms with Gasteiger partial charge in [-0.15, -0.1) is 11.3 Å². The molecule has 0 radical (unpaired) electrons. The highest BCUT2D eigenvalue weighted by Gasteiger charge is 2.32. The Hall–Kier alpha value is -1.95. The van der Waals surface area contributed by atoms with E-state index in [0.29, 0.717) is 6.04 Å². The lowest BCUT2D eigenvalue weighted by Gasteiger charge is -2.26. The molecule has 1 aliphatic heterocycles. The van der Waals surface area contributed by atoms with Gasteiger partial charge in [0.2, 0.25) is 0 Å². The maximum atomic E-state index is 4.60. The zero-order valence-corrected chi connectivity index (χ0v) is 13.9. The summed E-state index contributed by atoms with van der Waals surface area (Å²) < 4.78 is 1.99. The van der Waals surface area contributed by atoms with E-state index in [1.165, 1.54) is 23.1 Å². The van der Waals surface area contributed by atoms with Crippen molar-refractivity contribution in [1.29, 1.82) is 0 Å². The molecule has 0 saturated carbocycles. The first-order valence-electron chi connectivity index (χ1n) is 7.61. The third kappa shape index (κ3) is 1.94. The summed E-state index contributed by atoms with van der Waals surface area (Å²) >= 11 is 1.67. The van der Waals surface area contributed by atoms with Crippen LogP contribution < -0.4 is 4.90 Å². The zero-order chi connectivity index (χ0) is 15.3. The second-order valence-corrected chi connectivity index (χ2v) is 6.79. The van der Waals surface area contributed by atoms with E-state index in [-0.39, 0.29) is 0 Å². The first-order valence-corrected chi connectivity index (χ1v) is 8.49. The number of thiophene rings is 1. The van der Waals surface area contributed by atoms with Gasteiger partial charge in [-0.1, -0.05) is 0 Å². The van der Waals surface area contributed by atoms with E-state index >= 15 is 0 Å². The van der Waals surface area contributed by atoms with Crippen LogP contribution in [0.4, 0.5) is 5.82 Å². The van der Waals surface area contributed by atoms with Crippen molar-refractivity contribution in [1.82, 2.24) is 19.7 Å². The van der Waals surface area contributed by atoms with Crippen molar-refractivity contribution in [2.24, 2.45) is 7.05 Å². The average Bonchev–Trinajstić information content (AvgIpc) is 3.19. The predicted molar refractivity (Wildman–Crippen MR) is 89.4 cm³/mol. The molecular formula is C16H19N5S. The lowest BCUT2D eigenvalue weighted by molar-refractivity contribution is 0.695. The first-order chi connectivity index (χ1) is 10.7. The molecule has 0 aliphatic carbocycles. The Balaban J connectivity index is 1.83. The molecular weight excluding hydrogens is 294 g/mol. The summed E-state index contributed by atoms with van der Waals surface area (Å²) in [4.78, 5) is 12.5. The van der Waals surface area contributed by atoms with Crippen LogP contribution in [-0.2, 0) is 7.05 Å². The summed E-state index contributed by atoms with van der Waals surface area (Å²) in [7, 11) is 2.02. The molecule has 0 aromatic carbocycles. The van der Waals surface area contributed by atoms with Crippen molar-refractivity contribution in [2.75, 3.05) is 11.4 Å². The van der Waals surface area contributed by atoms with Gasteiger partial charge in [-0.3, -0.25) is 4.68 Å². The summed E-state index contributed by atoms with van der Waals surface area (Å²) in [5.74, 6) is 1.07. The number of anilines is 1. The van der Waals surface area contributed by atoms with Crippen LogP contribution in [0.1, 0.15) is 35.8 Å². The van der Waals surface area contributed by atoms with Crippen LogP contribution in [0, 0.1) is 13.8 Å². The van der Waals surface area contributed by atoms with Gasteiger partial charge in [-0.25, -0.2) is 9.97 Å². The Labute approximate surface area is 133 Å². The molecule has 4 heterocycles. The standard InChI is InChI=1S/C16H19N5S/c1-10-14(11(2)20(3)19-10)13-5-4-7-21(13)15-12-6-8-22-16(12)18-9-17-15/h6,8-9,13H,4-5,7H2,1-3H3/t13-/m0/s1. The van der Waals surface area contributed by atoms with E-state index in [1.807, 2.05) is 11.7 Å². The summed E-state index contributed by atoms with van der Waals surface area (Å²) in [6.45, 7) is 5.31. The van der Waals surface area contributed by atoms with E-state index in [0.717, 1.165) is 29.3 Å². The smallest absolute Gasteiger partial charge is 0.141 e. The molecule has 22 heavy (non-hydrogen) atoms. The Morgan fingerprint density at radius 3 is 2.91 bits per heavy atom. The molecule has 0 bridgehead atoms. The number of hydrogen-bond acceptors (Lipinski definition) is 5. The van der Waals surface area contributed by atoms with Gasteiger partial charge in [0, 0.05) is 24.8 Å². The van der Waals surface area contributed by atoms with Gasteiger partial charge < -0.3 is 4.90 Å². The van der Waals surface area contributed by atoms with Gasteiger partial charge in [0.15, 0.2) is 0 Å². The van der Waals surface area contributed by atoms with Gasteiger partial charge in [0.05, 0.1) is 17.1 Å². The minimum absolute atomic E-state index is 0.367. The summed E-state index contributed by atoms with van der Waals surface area (Å²) in [6.07, 6.45) is 4.03. The van der Waals surface area contributed by atoms with Crippen LogP contribution in [0.3, 0.4) is 0 Å². The fraction of sp³-hybridized carbons (Fsp3) is 0.438. The van der Waals surface area contributed by atoms with Gasteiger partial charge in [-0.2, -0.15) is 5.10 Å².